The van der Waals surface area contributed by atoms with Crippen LogP contribution in [0.25, 0.3) is 11.5 Å². The fourth-order valence-corrected chi connectivity index (χ4v) is 3.10. The maximum absolute atomic E-state index is 12.8. The Morgan fingerprint density at radius 3 is 2.23 bits per heavy atom. The van der Waals surface area contributed by atoms with Crippen LogP contribution in [0.3, 0.4) is 0 Å². The van der Waals surface area contributed by atoms with E-state index in [9.17, 15) is 4.79 Å². The van der Waals surface area contributed by atoms with Crippen LogP contribution in [0.2, 0.25) is 10.0 Å². The Bertz CT molecular complexity index is 1040. The molecule has 0 spiro atoms. The maximum Gasteiger partial charge on any atom is 0.322 e. The number of aromatic nitrogens is 2. The number of rotatable bonds is 9. The quantitative estimate of drug-likeness (QED) is 0.445. The van der Waals surface area contributed by atoms with Crippen LogP contribution in [0.1, 0.15) is 31.1 Å². The molecule has 1 N–H and O–H groups in total. The van der Waals surface area contributed by atoms with Crippen LogP contribution in [0.5, 0.6) is 17.2 Å². The van der Waals surface area contributed by atoms with Crippen LogP contribution in [0.4, 0.5) is 6.01 Å². The summed E-state index contributed by atoms with van der Waals surface area (Å²) >= 11 is 12.2. The number of carbonyl (C=O) groups is 1. The second-order valence-electron chi connectivity index (χ2n) is 6.09. The SMILES string of the molecule is CCOc1cc(C(=O)Nc2nnc(-c3cc(Cl)ccc3Cl)o2)cc(OCC)c1OCC. The zero-order valence-corrected chi connectivity index (χ0v) is 18.7. The lowest BCUT2D eigenvalue weighted by molar-refractivity contribution is 0.102. The summed E-state index contributed by atoms with van der Waals surface area (Å²) < 4.78 is 22.5. The monoisotopic (exact) mass is 465 g/mol. The number of hydrogen-bond donors (Lipinski definition) is 1. The largest absolute Gasteiger partial charge is 0.490 e. The molecule has 10 heteroatoms. The van der Waals surface area contributed by atoms with Crippen molar-refractivity contribution in [3.63, 3.8) is 0 Å². The van der Waals surface area contributed by atoms with Crippen LogP contribution >= 0.6 is 23.2 Å². The lowest BCUT2D eigenvalue weighted by atomic mass is 10.1. The molecule has 0 bridgehead atoms. The van der Waals surface area contributed by atoms with Crippen molar-refractivity contribution in [3.8, 4) is 28.7 Å². The minimum atomic E-state index is -0.489. The smallest absolute Gasteiger partial charge is 0.322 e. The van der Waals surface area contributed by atoms with Crippen LogP contribution < -0.4 is 19.5 Å². The highest BCUT2D eigenvalue weighted by atomic mass is 35.5. The van der Waals surface area contributed by atoms with Crippen molar-refractivity contribution in [2.24, 2.45) is 0 Å². The van der Waals surface area contributed by atoms with Crippen LogP contribution in [-0.2, 0) is 0 Å². The Hall–Kier alpha value is -2.97. The highest BCUT2D eigenvalue weighted by molar-refractivity contribution is 6.35. The molecule has 0 atom stereocenters. The normalized spacial score (nSPS) is 10.6. The highest BCUT2D eigenvalue weighted by Gasteiger charge is 2.20. The van der Waals surface area contributed by atoms with E-state index < -0.39 is 5.91 Å². The Morgan fingerprint density at radius 2 is 1.61 bits per heavy atom. The number of ether oxygens (including phenoxy) is 3. The molecular formula is C21H21Cl2N3O5. The first-order valence-corrected chi connectivity index (χ1v) is 10.4. The summed E-state index contributed by atoms with van der Waals surface area (Å²) in [5.41, 5.74) is 0.733. The molecule has 1 aromatic heterocycles. The number of nitrogens with one attached hydrogen (secondary N) is 1. The molecule has 0 radical (unpaired) electrons. The standard InChI is InChI=1S/C21H21Cl2N3O5/c1-4-28-16-9-12(10-17(29-5-2)18(16)30-6-3)19(27)24-21-26-25-20(31-21)14-11-13(22)7-8-15(14)23/h7-11H,4-6H2,1-3H3,(H,24,26,27). The topological polar surface area (TPSA) is 95.7 Å². The molecular weight excluding hydrogens is 445 g/mol. The summed E-state index contributed by atoms with van der Waals surface area (Å²) in [5, 5.41) is 11.2. The lowest BCUT2D eigenvalue weighted by Crippen LogP contribution is -2.13. The predicted octanol–water partition coefficient (Wildman–Crippen LogP) is 5.49. The number of halogens is 2. The third kappa shape index (κ3) is 5.39. The van der Waals surface area contributed by atoms with Gasteiger partial charge in [0.1, 0.15) is 0 Å². The Morgan fingerprint density at radius 1 is 0.968 bits per heavy atom. The minimum Gasteiger partial charge on any atom is -0.490 e. The maximum atomic E-state index is 12.8. The molecule has 3 rings (SSSR count). The summed E-state index contributed by atoms with van der Waals surface area (Å²) in [7, 11) is 0. The van der Waals surface area contributed by atoms with Crippen molar-refractivity contribution in [2.75, 3.05) is 25.1 Å². The number of nitrogens with zero attached hydrogens (tertiary/aromatic N) is 2. The number of anilines is 1. The third-order valence-electron chi connectivity index (χ3n) is 3.98. The molecule has 0 unspecified atom stereocenters. The van der Waals surface area contributed by atoms with Gasteiger partial charge < -0.3 is 18.6 Å². The average molecular weight is 466 g/mol. The summed E-state index contributed by atoms with van der Waals surface area (Å²) in [5.74, 6) is 0.880. The fraction of sp³-hybridized carbons (Fsp3) is 0.286. The highest BCUT2D eigenvalue weighted by Crippen LogP contribution is 2.39. The Kier molecular flexibility index (Phi) is 7.59. The van der Waals surface area contributed by atoms with E-state index >= 15 is 0 Å². The van der Waals surface area contributed by atoms with Gasteiger partial charge in [0.15, 0.2) is 11.5 Å². The van der Waals surface area contributed by atoms with Gasteiger partial charge in [-0.05, 0) is 51.1 Å². The van der Waals surface area contributed by atoms with Gasteiger partial charge in [-0.1, -0.05) is 28.3 Å². The van der Waals surface area contributed by atoms with Crippen molar-refractivity contribution < 1.29 is 23.4 Å². The van der Waals surface area contributed by atoms with E-state index in [1.165, 1.54) is 0 Å². The van der Waals surface area contributed by atoms with E-state index in [1.807, 2.05) is 20.8 Å². The van der Waals surface area contributed by atoms with E-state index in [4.69, 9.17) is 41.8 Å². The number of amides is 1. The molecule has 0 saturated carbocycles. The fourth-order valence-electron chi connectivity index (χ4n) is 2.73. The summed E-state index contributed by atoms with van der Waals surface area (Å²) in [6.45, 7) is 6.73. The van der Waals surface area contributed by atoms with E-state index in [2.05, 4.69) is 15.5 Å². The van der Waals surface area contributed by atoms with Gasteiger partial charge in [0.25, 0.3) is 11.8 Å². The molecule has 0 fully saturated rings. The average Bonchev–Trinajstić information content (AvgIpc) is 3.20. The molecule has 0 aliphatic heterocycles. The third-order valence-corrected chi connectivity index (χ3v) is 4.54. The molecule has 8 nitrogen and oxygen atoms in total. The molecule has 0 aliphatic carbocycles. The lowest BCUT2D eigenvalue weighted by Gasteiger charge is -2.16. The van der Waals surface area contributed by atoms with Gasteiger partial charge in [-0.3, -0.25) is 10.1 Å². The first kappa shape index (κ1) is 22.7. The molecule has 1 heterocycles. The van der Waals surface area contributed by atoms with Gasteiger partial charge in [0.05, 0.1) is 30.4 Å². The zero-order valence-electron chi connectivity index (χ0n) is 17.2. The summed E-state index contributed by atoms with van der Waals surface area (Å²) in [4.78, 5) is 12.8. The molecule has 0 aliphatic rings. The van der Waals surface area contributed by atoms with Gasteiger partial charge in [0.2, 0.25) is 5.75 Å². The first-order chi connectivity index (χ1) is 15.0. The second-order valence-corrected chi connectivity index (χ2v) is 6.93. The van der Waals surface area contributed by atoms with Gasteiger partial charge in [0, 0.05) is 10.6 Å². The van der Waals surface area contributed by atoms with Gasteiger partial charge >= 0.3 is 6.01 Å². The van der Waals surface area contributed by atoms with Gasteiger partial charge in [-0.15, -0.1) is 5.10 Å². The summed E-state index contributed by atoms with van der Waals surface area (Å²) in [6.07, 6.45) is 0. The van der Waals surface area contributed by atoms with E-state index in [0.717, 1.165) is 0 Å². The van der Waals surface area contributed by atoms with Crippen molar-refractivity contribution in [3.05, 3.63) is 45.9 Å². The van der Waals surface area contributed by atoms with Crippen LogP contribution in [0.15, 0.2) is 34.7 Å². The van der Waals surface area contributed by atoms with E-state index in [1.54, 1.807) is 30.3 Å². The summed E-state index contributed by atoms with van der Waals surface area (Å²) in [6, 6.07) is 7.89. The Labute approximate surface area is 189 Å². The number of hydrogen-bond acceptors (Lipinski definition) is 7. The Balaban J connectivity index is 1.88. The zero-order chi connectivity index (χ0) is 22.4. The molecule has 164 valence electrons. The molecule has 0 saturated heterocycles. The predicted molar refractivity (Wildman–Crippen MR) is 118 cm³/mol. The second kappa shape index (κ2) is 10.4. The van der Waals surface area contributed by atoms with E-state index in [0.29, 0.717) is 52.7 Å². The van der Waals surface area contributed by atoms with Crippen molar-refractivity contribution in [1.29, 1.82) is 0 Å². The van der Waals surface area contributed by atoms with Crippen molar-refractivity contribution in [1.82, 2.24) is 10.2 Å². The van der Waals surface area contributed by atoms with Crippen molar-refractivity contribution in [2.45, 2.75) is 20.8 Å². The van der Waals surface area contributed by atoms with Gasteiger partial charge in [-0.25, -0.2) is 0 Å². The first-order valence-electron chi connectivity index (χ1n) is 9.63. The van der Waals surface area contributed by atoms with Crippen LogP contribution in [-0.4, -0.2) is 35.9 Å². The minimum absolute atomic E-state index is 0.0964. The molecule has 31 heavy (non-hydrogen) atoms. The molecule has 3 aromatic rings. The molecule has 1 amide bonds. The van der Waals surface area contributed by atoms with E-state index in [-0.39, 0.29) is 17.5 Å². The van der Waals surface area contributed by atoms with Crippen LogP contribution in [0, 0.1) is 0 Å². The van der Waals surface area contributed by atoms with Crippen molar-refractivity contribution >= 4 is 35.1 Å². The molecule has 2 aromatic carbocycles. The number of carbonyl (C=O) groups excluding carboxylic acids is 1. The van der Waals surface area contributed by atoms with Gasteiger partial charge in [-0.2, -0.15) is 0 Å². The number of benzene rings is 2.